The third kappa shape index (κ3) is 2.66. The summed E-state index contributed by atoms with van der Waals surface area (Å²) in [6.07, 6.45) is 0. The average molecular weight is 288 g/mol. The van der Waals surface area contributed by atoms with E-state index in [0.29, 0.717) is 23.6 Å². The van der Waals surface area contributed by atoms with Gasteiger partial charge in [-0.2, -0.15) is 0 Å². The number of methoxy groups -OCH3 is 2. The first-order valence-electron chi connectivity index (χ1n) is 4.83. The molecule has 0 saturated heterocycles. The van der Waals surface area contributed by atoms with E-state index in [0.717, 1.165) is 4.47 Å². The lowest BCUT2D eigenvalue weighted by molar-refractivity contribution is 0.0949. The zero-order valence-electron chi connectivity index (χ0n) is 9.46. The molecule has 1 N–H and O–H groups in total. The van der Waals surface area contributed by atoms with E-state index in [4.69, 9.17) is 9.47 Å². The number of nitrogens with one attached hydrogen (secondary N) is 1. The maximum atomic E-state index is 11.8. The topological polar surface area (TPSA) is 47.6 Å². The van der Waals surface area contributed by atoms with Crippen molar-refractivity contribution < 1.29 is 14.3 Å². The van der Waals surface area contributed by atoms with E-state index in [1.807, 2.05) is 6.92 Å². The maximum absolute atomic E-state index is 11.8. The molecule has 1 aromatic carbocycles. The summed E-state index contributed by atoms with van der Waals surface area (Å²) >= 11 is 3.33. The van der Waals surface area contributed by atoms with Gasteiger partial charge in [0, 0.05) is 11.0 Å². The summed E-state index contributed by atoms with van der Waals surface area (Å²) in [5.41, 5.74) is 0.412. The van der Waals surface area contributed by atoms with Crippen molar-refractivity contribution >= 4 is 21.8 Å². The molecule has 1 amide bonds. The lowest BCUT2D eigenvalue weighted by atomic mass is 10.1. The van der Waals surface area contributed by atoms with Gasteiger partial charge >= 0.3 is 0 Å². The van der Waals surface area contributed by atoms with Gasteiger partial charge < -0.3 is 14.8 Å². The largest absolute Gasteiger partial charge is 0.496 e. The second-order valence-electron chi connectivity index (χ2n) is 3.04. The molecule has 0 bridgehead atoms. The molecule has 0 spiro atoms. The van der Waals surface area contributed by atoms with Crippen molar-refractivity contribution in [1.29, 1.82) is 0 Å². The van der Waals surface area contributed by atoms with Crippen LogP contribution in [-0.2, 0) is 0 Å². The minimum atomic E-state index is -0.205. The van der Waals surface area contributed by atoms with Crippen LogP contribution >= 0.6 is 15.9 Å². The number of carbonyl (C=O) groups excluding carboxylic acids is 1. The Bertz CT molecular complexity index is 368. The first-order valence-corrected chi connectivity index (χ1v) is 5.63. The summed E-state index contributed by atoms with van der Waals surface area (Å²) in [6, 6.07) is 3.46. The van der Waals surface area contributed by atoms with E-state index in [-0.39, 0.29) is 5.91 Å². The minimum Gasteiger partial charge on any atom is -0.496 e. The van der Waals surface area contributed by atoms with Crippen LogP contribution in [0.4, 0.5) is 0 Å². The lowest BCUT2D eigenvalue weighted by Gasteiger charge is -2.13. The van der Waals surface area contributed by atoms with Crippen LogP contribution in [-0.4, -0.2) is 26.7 Å². The van der Waals surface area contributed by atoms with E-state index >= 15 is 0 Å². The molecule has 0 unspecified atom stereocenters. The van der Waals surface area contributed by atoms with Crippen LogP contribution in [0.2, 0.25) is 0 Å². The van der Waals surface area contributed by atoms with Gasteiger partial charge in [0.05, 0.1) is 14.2 Å². The minimum absolute atomic E-state index is 0.205. The number of hydrogen-bond donors (Lipinski definition) is 1. The molecule has 0 aliphatic heterocycles. The molecule has 16 heavy (non-hydrogen) atoms. The molecular formula is C11H14BrNO3. The van der Waals surface area contributed by atoms with Crippen molar-refractivity contribution in [2.45, 2.75) is 6.92 Å². The molecule has 1 aromatic rings. The first kappa shape index (κ1) is 12.8. The highest BCUT2D eigenvalue weighted by Crippen LogP contribution is 2.32. The number of halogens is 1. The Morgan fingerprint density at radius 2 is 1.81 bits per heavy atom. The van der Waals surface area contributed by atoms with Crippen molar-refractivity contribution in [2.75, 3.05) is 20.8 Å². The molecular weight excluding hydrogens is 274 g/mol. The number of benzene rings is 1. The van der Waals surface area contributed by atoms with Crippen LogP contribution in [0.25, 0.3) is 0 Å². The van der Waals surface area contributed by atoms with Crippen molar-refractivity contribution in [2.24, 2.45) is 0 Å². The van der Waals surface area contributed by atoms with Gasteiger partial charge in [-0.15, -0.1) is 0 Å². The quantitative estimate of drug-likeness (QED) is 0.924. The molecule has 0 aromatic heterocycles. The van der Waals surface area contributed by atoms with E-state index in [9.17, 15) is 4.79 Å². The van der Waals surface area contributed by atoms with Crippen molar-refractivity contribution in [1.82, 2.24) is 5.32 Å². The second kappa shape index (κ2) is 5.75. The Balaban J connectivity index is 3.27. The highest BCUT2D eigenvalue weighted by Gasteiger charge is 2.18. The molecule has 0 aliphatic carbocycles. The average Bonchev–Trinajstić information content (AvgIpc) is 2.27. The SMILES string of the molecule is CCNC(=O)c1c(OC)cc(Br)cc1OC. The summed E-state index contributed by atoms with van der Waals surface area (Å²) in [6.45, 7) is 2.41. The molecule has 0 heterocycles. The Kier molecular flexibility index (Phi) is 4.61. The second-order valence-corrected chi connectivity index (χ2v) is 3.96. The van der Waals surface area contributed by atoms with Crippen LogP contribution in [0, 0.1) is 0 Å². The normalized spacial score (nSPS) is 9.75. The zero-order chi connectivity index (χ0) is 12.1. The van der Waals surface area contributed by atoms with Gasteiger partial charge in [-0.3, -0.25) is 4.79 Å². The molecule has 0 aliphatic rings. The fourth-order valence-corrected chi connectivity index (χ4v) is 1.77. The summed E-state index contributed by atoms with van der Waals surface area (Å²) in [4.78, 5) is 11.8. The summed E-state index contributed by atoms with van der Waals surface area (Å²) in [5.74, 6) is 0.762. The van der Waals surface area contributed by atoms with Gasteiger partial charge in [-0.1, -0.05) is 15.9 Å². The Morgan fingerprint density at radius 1 is 1.31 bits per heavy atom. The molecule has 0 saturated carbocycles. The summed E-state index contributed by atoms with van der Waals surface area (Å²) in [5, 5.41) is 2.72. The predicted molar refractivity (Wildman–Crippen MR) is 65.3 cm³/mol. The van der Waals surface area contributed by atoms with Crippen LogP contribution in [0.3, 0.4) is 0 Å². The molecule has 4 nitrogen and oxygen atoms in total. The number of ether oxygens (including phenoxy) is 2. The molecule has 0 radical (unpaired) electrons. The third-order valence-electron chi connectivity index (χ3n) is 2.03. The van der Waals surface area contributed by atoms with Gasteiger partial charge in [-0.05, 0) is 19.1 Å². The van der Waals surface area contributed by atoms with Crippen molar-refractivity contribution in [3.8, 4) is 11.5 Å². The van der Waals surface area contributed by atoms with E-state index < -0.39 is 0 Å². The summed E-state index contributed by atoms with van der Waals surface area (Å²) in [7, 11) is 3.04. The molecule has 0 fully saturated rings. The van der Waals surface area contributed by atoms with Crippen LogP contribution in [0.5, 0.6) is 11.5 Å². The number of hydrogen-bond acceptors (Lipinski definition) is 3. The van der Waals surface area contributed by atoms with Crippen molar-refractivity contribution in [3.05, 3.63) is 22.2 Å². The number of amides is 1. The highest BCUT2D eigenvalue weighted by molar-refractivity contribution is 9.10. The van der Waals surface area contributed by atoms with Crippen LogP contribution in [0.15, 0.2) is 16.6 Å². The molecule has 1 rings (SSSR count). The lowest BCUT2D eigenvalue weighted by Crippen LogP contribution is -2.23. The maximum Gasteiger partial charge on any atom is 0.258 e. The van der Waals surface area contributed by atoms with Crippen LogP contribution in [0.1, 0.15) is 17.3 Å². The fourth-order valence-electron chi connectivity index (χ4n) is 1.35. The van der Waals surface area contributed by atoms with E-state index in [1.165, 1.54) is 14.2 Å². The zero-order valence-corrected chi connectivity index (χ0v) is 11.1. The smallest absolute Gasteiger partial charge is 0.258 e. The number of carbonyl (C=O) groups is 1. The standard InChI is InChI=1S/C11H14BrNO3/c1-4-13-11(14)10-8(15-2)5-7(12)6-9(10)16-3/h5-6H,4H2,1-3H3,(H,13,14). The molecule has 5 heteroatoms. The number of rotatable bonds is 4. The van der Waals surface area contributed by atoms with Gasteiger partial charge in [0.2, 0.25) is 0 Å². The predicted octanol–water partition coefficient (Wildman–Crippen LogP) is 2.22. The van der Waals surface area contributed by atoms with Gasteiger partial charge in [0.1, 0.15) is 17.1 Å². The Morgan fingerprint density at radius 3 is 2.19 bits per heavy atom. The Hall–Kier alpha value is -1.23. The van der Waals surface area contributed by atoms with Gasteiger partial charge in [0.25, 0.3) is 5.91 Å². The summed E-state index contributed by atoms with van der Waals surface area (Å²) < 4.78 is 11.1. The third-order valence-corrected chi connectivity index (χ3v) is 2.49. The highest BCUT2D eigenvalue weighted by atomic mass is 79.9. The molecule has 88 valence electrons. The van der Waals surface area contributed by atoms with Gasteiger partial charge in [0.15, 0.2) is 0 Å². The van der Waals surface area contributed by atoms with Crippen LogP contribution < -0.4 is 14.8 Å². The monoisotopic (exact) mass is 287 g/mol. The molecule has 0 atom stereocenters. The fraction of sp³-hybridized carbons (Fsp3) is 0.364. The first-order chi connectivity index (χ1) is 7.63. The van der Waals surface area contributed by atoms with E-state index in [2.05, 4.69) is 21.2 Å². The Labute approximate surface area is 103 Å². The van der Waals surface area contributed by atoms with Crippen molar-refractivity contribution in [3.63, 3.8) is 0 Å². The van der Waals surface area contributed by atoms with Gasteiger partial charge in [-0.25, -0.2) is 0 Å². The van der Waals surface area contributed by atoms with E-state index in [1.54, 1.807) is 12.1 Å².